The van der Waals surface area contributed by atoms with Gasteiger partial charge < -0.3 is 16.0 Å². The largest absolute Gasteiger partial charge is 0.352 e. The number of fused-ring (bicyclic) bond motifs is 1. The number of nitrogens with zero attached hydrogens (tertiary/aromatic N) is 4. The van der Waals surface area contributed by atoms with Crippen molar-refractivity contribution >= 4 is 29.0 Å². The topological polar surface area (TPSA) is 124 Å². The number of nitrogens with one attached hydrogen (secondary N) is 3. The Hall–Kier alpha value is -4.71. The van der Waals surface area contributed by atoms with E-state index in [1.807, 2.05) is 63.2 Å². The number of hydrogen-bond donors (Lipinski definition) is 3. The van der Waals surface area contributed by atoms with Crippen LogP contribution in [0.15, 0.2) is 54.7 Å². The Morgan fingerprint density at radius 1 is 1.03 bits per heavy atom. The van der Waals surface area contributed by atoms with E-state index in [4.69, 9.17) is 0 Å². The van der Waals surface area contributed by atoms with Gasteiger partial charge in [0.2, 0.25) is 5.91 Å². The molecule has 0 fully saturated rings. The number of carbonyl (C=O) groups excluding carboxylic acids is 2. The molecule has 0 unspecified atom stereocenters. The van der Waals surface area contributed by atoms with E-state index in [-0.39, 0.29) is 18.4 Å². The van der Waals surface area contributed by atoms with Crippen molar-refractivity contribution in [1.29, 1.82) is 5.26 Å². The Morgan fingerprint density at radius 3 is 2.47 bits per heavy atom. The average Bonchev–Trinajstić information content (AvgIpc) is 3.25. The van der Waals surface area contributed by atoms with E-state index < -0.39 is 0 Å². The molecule has 3 amide bonds. The number of amides is 3. The van der Waals surface area contributed by atoms with Crippen LogP contribution >= 0.6 is 0 Å². The van der Waals surface area contributed by atoms with Crippen molar-refractivity contribution in [2.24, 2.45) is 0 Å². The molecule has 0 aliphatic heterocycles. The molecule has 3 N–H and O–H groups in total. The summed E-state index contributed by atoms with van der Waals surface area (Å²) in [6.07, 6.45) is 2.30. The van der Waals surface area contributed by atoms with Crippen molar-refractivity contribution in [3.05, 3.63) is 88.4 Å². The van der Waals surface area contributed by atoms with Crippen molar-refractivity contribution in [1.82, 2.24) is 19.9 Å². The minimum atomic E-state index is -0.336. The van der Waals surface area contributed by atoms with E-state index in [1.165, 1.54) is 6.20 Å². The molecule has 0 spiro atoms. The predicted molar refractivity (Wildman–Crippen MR) is 138 cm³/mol. The van der Waals surface area contributed by atoms with Crippen LogP contribution in [0, 0.1) is 32.1 Å². The van der Waals surface area contributed by atoms with Gasteiger partial charge >= 0.3 is 6.03 Å². The molecule has 4 aromatic rings. The Balaban J connectivity index is 1.31. The van der Waals surface area contributed by atoms with E-state index >= 15 is 0 Å². The van der Waals surface area contributed by atoms with Crippen LogP contribution in [0.2, 0.25) is 0 Å². The molecule has 182 valence electrons. The fourth-order valence-electron chi connectivity index (χ4n) is 4.05. The highest BCUT2D eigenvalue weighted by Crippen LogP contribution is 2.18. The fraction of sp³-hybridized carbons (Fsp3) is 0.222. The standard InChI is InChI=1S/C27H27N7O2/c1-17-6-4-8-22(12-17)32-27(36)33-23-9-5-7-20(13-23)15-29-25(35)11-10-24-18(2)31-26-21(14-28)16-30-34(26)19(24)3/h4-9,12-13,16H,10-11,15H2,1-3H3,(H,29,35)(H2,32,33,36). The fourth-order valence-corrected chi connectivity index (χ4v) is 4.05. The summed E-state index contributed by atoms with van der Waals surface area (Å²) in [6, 6.07) is 16.7. The van der Waals surface area contributed by atoms with E-state index in [0.29, 0.717) is 35.6 Å². The second-order valence-corrected chi connectivity index (χ2v) is 8.59. The Kier molecular flexibility index (Phi) is 7.25. The van der Waals surface area contributed by atoms with E-state index in [9.17, 15) is 14.9 Å². The number of nitriles is 1. The highest BCUT2D eigenvalue weighted by Gasteiger charge is 2.15. The summed E-state index contributed by atoms with van der Waals surface area (Å²) in [4.78, 5) is 29.4. The highest BCUT2D eigenvalue weighted by atomic mass is 16.2. The first-order valence-corrected chi connectivity index (χ1v) is 11.6. The van der Waals surface area contributed by atoms with Crippen LogP contribution in [0.25, 0.3) is 5.65 Å². The van der Waals surface area contributed by atoms with Gasteiger partial charge in [-0.05, 0) is 68.1 Å². The lowest BCUT2D eigenvalue weighted by atomic mass is 10.1. The molecule has 0 aliphatic carbocycles. The Bertz CT molecular complexity index is 1480. The third kappa shape index (κ3) is 5.67. The first kappa shape index (κ1) is 24.4. The van der Waals surface area contributed by atoms with Gasteiger partial charge in [-0.25, -0.2) is 14.3 Å². The van der Waals surface area contributed by atoms with Crippen LogP contribution in [-0.2, 0) is 17.8 Å². The lowest BCUT2D eigenvalue weighted by molar-refractivity contribution is -0.121. The summed E-state index contributed by atoms with van der Waals surface area (Å²) >= 11 is 0. The maximum absolute atomic E-state index is 12.5. The Labute approximate surface area is 209 Å². The van der Waals surface area contributed by atoms with Crippen LogP contribution in [0.5, 0.6) is 0 Å². The molecule has 9 nitrogen and oxygen atoms in total. The molecule has 2 aromatic carbocycles. The first-order valence-electron chi connectivity index (χ1n) is 11.6. The van der Waals surface area contributed by atoms with Crippen LogP contribution in [0.4, 0.5) is 16.2 Å². The number of hydrogen-bond acceptors (Lipinski definition) is 5. The summed E-state index contributed by atoms with van der Waals surface area (Å²) in [6.45, 7) is 6.09. The normalized spacial score (nSPS) is 10.6. The smallest absolute Gasteiger partial charge is 0.323 e. The molecular formula is C27H27N7O2. The quantitative estimate of drug-likeness (QED) is 0.360. The highest BCUT2D eigenvalue weighted by molar-refractivity contribution is 5.99. The molecule has 4 rings (SSSR count). The molecule has 2 heterocycles. The molecule has 0 saturated heterocycles. The zero-order chi connectivity index (χ0) is 25.7. The lowest BCUT2D eigenvalue weighted by Gasteiger charge is -2.12. The minimum absolute atomic E-state index is 0.0948. The average molecular weight is 482 g/mol. The van der Waals surface area contributed by atoms with Gasteiger partial charge in [-0.15, -0.1) is 0 Å². The number of aromatic nitrogens is 3. The van der Waals surface area contributed by atoms with Gasteiger partial charge in [0.25, 0.3) is 0 Å². The van der Waals surface area contributed by atoms with Crippen LogP contribution in [-0.4, -0.2) is 26.5 Å². The zero-order valence-corrected chi connectivity index (χ0v) is 20.4. The van der Waals surface area contributed by atoms with Gasteiger partial charge in [0.1, 0.15) is 11.6 Å². The second kappa shape index (κ2) is 10.7. The summed E-state index contributed by atoms with van der Waals surface area (Å²) < 4.78 is 1.65. The van der Waals surface area contributed by atoms with Crippen LogP contribution in [0.1, 0.15) is 40.1 Å². The van der Waals surface area contributed by atoms with Crippen molar-refractivity contribution in [3.8, 4) is 6.07 Å². The first-order chi connectivity index (χ1) is 17.3. The summed E-state index contributed by atoms with van der Waals surface area (Å²) in [7, 11) is 0. The molecule has 0 bridgehead atoms. The van der Waals surface area contributed by atoms with Gasteiger partial charge in [0.15, 0.2) is 5.65 Å². The van der Waals surface area contributed by atoms with Crippen molar-refractivity contribution in [2.75, 3.05) is 10.6 Å². The summed E-state index contributed by atoms with van der Waals surface area (Å²) in [5.74, 6) is -0.0948. The maximum Gasteiger partial charge on any atom is 0.323 e. The minimum Gasteiger partial charge on any atom is -0.352 e. The molecule has 0 atom stereocenters. The summed E-state index contributed by atoms with van der Waals surface area (Å²) in [5, 5.41) is 22.0. The van der Waals surface area contributed by atoms with E-state index in [1.54, 1.807) is 10.6 Å². The molecule has 9 heteroatoms. The van der Waals surface area contributed by atoms with Crippen molar-refractivity contribution < 1.29 is 9.59 Å². The molecular weight excluding hydrogens is 454 g/mol. The molecule has 0 radical (unpaired) electrons. The van der Waals surface area contributed by atoms with Gasteiger partial charge in [0.05, 0.1) is 6.20 Å². The number of carbonyl (C=O) groups is 2. The number of rotatable bonds is 7. The zero-order valence-electron chi connectivity index (χ0n) is 20.4. The third-order valence-electron chi connectivity index (χ3n) is 5.88. The summed E-state index contributed by atoms with van der Waals surface area (Å²) in [5.41, 5.74) is 6.83. The van der Waals surface area contributed by atoms with Gasteiger partial charge in [-0.1, -0.05) is 24.3 Å². The molecule has 2 aromatic heterocycles. The number of urea groups is 1. The number of anilines is 2. The van der Waals surface area contributed by atoms with Crippen LogP contribution in [0.3, 0.4) is 0 Å². The molecule has 0 saturated carbocycles. The maximum atomic E-state index is 12.5. The predicted octanol–water partition coefficient (Wildman–Crippen LogP) is 4.42. The second-order valence-electron chi connectivity index (χ2n) is 8.59. The number of aryl methyl sites for hydroxylation is 3. The lowest BCUT2D eigenvalue weighted by Crippen LogP contribution is -2.24. The third-order valence-corrected chi connectivity index (χ3v) is 5.88. The van der Waals surface area contributed by atoms with Crippen molar-refractivity contribution in [3.63, 3.8) is 0 Å². The van der Waals surface area contributed by atoms with E-state index in [2.05, 4.69) is 32.1 Å². The Morgan fingerprint density at radius 2 is 1.75 bits per heavy atom. The SMILES string of the molecule is Cc1cccc(NC(=O)Nc2cccc(CNC(=O)CCc3c(C)nc4c(C#N)cnn4c3C)c2)c1. The van der Waals surface area contributed by atoms with Crippen LogP contribution < -0.4 is 16.0 Å². The van der Waals surface area contributed by atoms with Gasteiger partial charge in [0, 0.05) is 35.7 Å². The molecule has 36 heavy (non-hydrogen) atoms. The molecule has 0 aliphatic rings. The van der Waals surface area contributed by atoms with E-state index in [0.717, 1.165) is 28.1 Å². The monoisotopic (exact) mass is 481 g/mol. The van der Waals surface area contributed by atoms with Gasteiger partial charge in [-0.2, -0.15) is 10.4 Å². The van der Waals surface area contributed by atoms with Crippen molar-refractivity contribution in [2.45, 2.75) is 40.2 Å². The van der Waals surface area contributed by atoms with Gasteiger partial charge in [-0.3, -0.25) is 4.79 Å². The number of benzene rings is 2.